The molecular formula is C18H24N2O2S. The van der Waals surface area contributed by atoms with Crippen LogP contribution in [0.25, 0.3) is 0 Å². The number of benzene rings is 1. The zero-order valence-corrected chi connectivity index (χ0v) is 14.6. The number of nitrogens with zero attached hydrogens (tertiary/aromatic N) is 1. The summed E-state index contributed by atoms with van der Waals surface area (Å²) in [6.07, 6.45) is 0. The molecule has 1 heterocycles. The van der Waals surface area contributed by atoms with Gasteiger partial charge in [-0.1, -0.05) is 30.7 Å². The Hall–Kier alpha value is -1.85. The summed E-state index contributed by atoms with van der Waals surface area (Å²) < 4.78 is 5.72. The van der Waals surface area contributed by atoms with Gasteiger partial charge in [-0.2, -0.15) is 0 Å². The third-order valence-corrected chi connectivity index (χ3v) is 4.43. The standard InChI is InChI=1S/C18H24N2O2S/c1-3-20(10-11-22-16-8-6-15(2)7-9-16)14-18(21)19-13-17-5-4-12-23-17/h4-9,12H,3,10-11,13-14H2,1-2H3,(H,19,21). The number of carbonyl (C=O) groups excluding carboxylic acids is 1. The molecule has 0 saturated carbocycles. The number of ether oxygens (including phenoxy) is 1. The van der Waals surface area contributed by atoms with E-state index in [4.69, 9.17) is 4.74 Å². The van der Waals surface area contributed by atoms with E-state index >= 15 is 0 Å². The van der Waals surface area contributed by atoms with Crippen molar-refractivity contribution in [3.05, 3.63) is 52.2 Å². The molecule has 1 N–H and O–H groups in total. The van der Waals surface area contributed by atoms with E-state index in [0.717, 1.165) is 18.8 Å². The number of likely N-dealkylation sites (N-methyl/N-ethyl adjacent to an activating group) is 1. The lowest BCUT2D eigenvalue weighted by Crippen LogP contribution is -2.38. The monoisotopic (exact) mass is 332 g/mol. The van der Waals surface area contributed by atoms with E-state index in [1.54, 1.807) is 11.3 Å². The third-order valence-electron chi connectivity index (χ3n) is 3.55. The van der Waals surface area contributed by atoms with Gasteiger partial charge < -0.3 is 10.1 Å². The Bertz CT molecular complexity index is 582. The molecule has 0 radical (unpaired) electrons. The number of carbonyl (C=O) groups is 1. The highest BCUT2D eigenvalue weighted by molar-refractivity contribution is 7.09. The number of amides is 1. The molecule has 23 heavy (non-hydrogen) atoms. The molecule has 0 spiro atoms. The minimum absolute atomic E-state index is 0.0515. The van der Waals surface area contributed by atoms with E-state index in [0.29, 0.717) is 19.7 Å². The number of aryl methyl sites for hydroxylation is 1. The molecule has 0 aliphatic heterocycles. The molecule has 1 aromatic heterocycles. The van der Waals surface area contributed by atoms with Crippen LogP contribution in [0.2, 0.25) is 0 Å². The quantitative estimate of drug-likeness (QED) is 0.767. The van der Waals surface area contributed by atoms with E-state index in [1.165, 1.54) is 10.4 Å². The first-order valence-corrected chi connectivity index (χ1v) is 8.76. The van der Waals surface area contributed by atoms with E-state index in [-0.39, 0.29) is 5.91 Å². The van der Waals surface area contributed by atoms with Crippen molar-refractivity contribution in [3.63, 3.8) is 0 Å². The number of thiophene rings is 1. The molecule has 0 atom stereocenters. The molecule has 0 unspecified atom stereocenters. The Balaban J connectivity index is 1.67. The first kappa shape index (κ1) is 17.5. The molecule has 0 saturated heterocycles. The van der Waals surface area contributed by atoms with Crippen molar-refractivity contribution in [3.8, 4) is 5.75 Å². The molecule has 0 aliphatic rings. The van der Waals surface area contributed by atoms with Crippen LogP contribution >= 0.6 is 11.3 Å². The fourth-order valence-corrected chi connectivity index (χ4v) is 2.78. The van der Waals surface area contributed by atoms with E-state index in [1.807, 2.05) is 41.8 Å². The van der Waals surface area contributed by atoms with Gasteiger partial charge in [-0.3, -0.25) is 9.69 Å². The minimum atomic E-state index is 0.0515. The molecule has 2 rings (SSSR count). The summed E-state index contributed by atoms with van der Waals surface area (Å²) >= 11 is 1.65. The van der Waals surface area contributed by atoms with Crippen molar-refractivity contribution in [1.82, 2.24) is 10.2 Å². The van der Waals surface area contributed by atoms with Gasteiger partial charge in [0.15, 0.2) is 0 Å². The van der Waals surface area contributed by atoms with E-state index in [2.05, 4.69) is 24.1 Å². The second kappa shape index (κ2) is 9.33. The Morgan fingerprint density at radius 2 is 2.04 bits per heavy atom. The summed E-state index contributed by atoms with van der Waals surface area (Å²) in [5.41, 5.74) is 1.22. The summed E-state index contributed by atoms with van der Waals surface area (Å²) in [5, 5.41) is 4.97. The van der Waals surface area contributed by atoms with Crippen molar-refractivity contribution in [2.45, 2.75) is 20.4 Å². The first-order valence-electron chi connectivity index (χ1n) is 7.88. The smallest absolute Gasteiger partial charge is 0.234 e. The summed E-state index contributed by atoms with van der Waals surface area (Å²) in [7, 11) is 0. The second-order valence-corrected chi connectivity index (χ2v) is 6.42. The summed E-state index contributed by atoms with van der Waals surface area (Å²) in [5.74, 6) is 0.921. The van der Waals surface area contributed by atoms with Gasteiger partial charge >= 0.3 is 0 Å². The van der Waals surface area contributed by atoms with Gasteiger partial charge in [0, 0.05) is 11.4 Å². The van der Waals surface area contributed by atoms with Gasteiger partial charge in [0.25, 0.3) is 0 Å². The lowest BCUT2D eigenvalue weighted by Gasteiger charge is -2.20. The van der Waals surface area contributed by atoms with Gasteiger partial charge in [0.05, 0.1) is 13.1 Å². The number of hydrogen-bond donors (Lipinski definition) is 1. The summed E-state index contributed by atoms with van der Waals surface area (Å²) in [4.78, 5) is 15.2. The Morgan fingerprint density at radius 3 is 2.70 bits per heavy atom. The maximum absolute atomic E-state index is 12.0. The molecular weight excluding hydrogens is 308 g/mol. The van der Waals surface area contributed by atoms with Gasteiger partial charge in [-0.05, 0) is 37.0 Å². The first-order chi connectivity index (χ1) is 11.2. The molecule has 5 heteroatoms. The van der Waals surface area contributed by atoms with Crippen molar-refractivity contribution in [2.75, 3.05) is 26.2 Å². The van der Waals surface area contributed by atoms with Gasteiger partial charge in [-0.25, -0.2) is 0 Å². The molecule has 124 valence electrons. The Morgan fingerprint density at radius 1 is 1.26 bits per heavy atom. The summed E-state index contributed by atoms with van der Waals surface area (Å²) in [6, 6.07) is 12.0. The number of rotatable bonds is 9. The van der Waals surface area contributed by atoms with Crippen LogP contribution in [0, 0.1) is 6.92 Å². The maximum Gasteiger partial charge on any atom is 0.234 e. The SMILES string of the molecule is CCN(CCOc1ccc(C)cc1)CC(=O)NCc1cccs1. The van der Waals surface area contributed by atoms with Crippen LogP contribution in [-0.4, -0.2) is 37.0 Å². The second-order valence-electron chi connectivity index (χ2n) is 5.39. The number of nitrogens with one attached hydrogen (secondary N) is 1. The van der Waals surface area contributed by atoms with Crippen molar-refractivity contribution < 1.29 is 9.53 Å². The van der Waals surface area contributed by atoms with Crippen molar-refractivity contribution >= 4 is 17.2 Å². The highest BCUT2D eigenvalue weighted by Gasteiger charge is 2.09. The highest BCUT2D eigenvalue weighted by Crippen LogP contribution is 2.11. The van der Waals surface area contributed by atoms with Crippen LogP contribution in [0.4, 0.5) is 0 Å². The molecule has 1 amide bonds. The predicted molar refractivity (Wildman–Crippen MR) is 95.0 cm³/mol. The topological polar surface area (TPSA) is 41.6 Å². The fourth-order valence-electron chi connectivity index (χ4n) is 2.13. The lowest BCUT2D eigenvalue weighted by molar-refractivity contribution is -0.122. The van der Waals surface area contributed by atoms with Crippen molar-refractivity contribution in [2.24, 2.45) is 0 Å². The average Bonchev–Trinajstić information content (AvgIpc) is 3.07. The summed E-state index contributed by atoms with van der Waals surface area (Å²) in [6.45, 7) is 7.25. The molecule has 0 fully saturated rings. The normalized spacial score (nSPS) is 10.7. The molecule has 0 bridgehead atoms. The maximum atomic E-state index is 12.0. The number of hydrogen-bond acceptors (Lipinski definition) is 4. The molecule has 2 aromatic rings. The van der Waals surface area contributed by atoms with Crippen LogP contribution in [-0.2, 0) is 11.3 Å². The van der Waals surface area contributed by atoms with Crippen LogP contribution in [0.3, 0.4) is 0 Å². The van der Waals surface area contributed by atoms with E-state index in [9.17, 15) is 4.79 Å². The zero-order chi connectivity index (χ0) is 16.5. The molecule has 4 nitrogen and oxygen atoms in total. The van der Waals surface area contributed by atoms with Gasteiger partial charge in [-0.15, -0.1) is 11.3 Å². The van der Waals surface area contributed by atoms with Crippen molar-refractivity contribution in [1.29, 1.82) is 0 Å². The largest absolute Gasteiger partial charge is 0.492 e. The Kier molecular flexibility index (Phi) is 7.10. The Labute approximate surface area is 142 Å². The van der Waals surface area contributed by atoms with Crippen LogP contribution in [0.5, 0.6) is 5.75 Å². The molecule has 1 aromatic carbocycles. The van der Waals surface area contributed by atoms with Crippen LogP contribution in [0.15, 0.2) is 41.8 Å². The molecule has 0 aliphatic carbocycles. The minimum Gasteiger partial charge on any atom is -0.492 e. The van der Waals surface area contributed by atoms with E-state index < -0.39 is 0 Å². The third kappa shape index (κ3) is 6.42. The van der Waals surface area contributed by atoms with Crippen LogP contribution < -0.4 is 10.1 Å². The fraction of sp³-hybridized carbons (Fsp3) is 0.389. The average molecular weight is 332 g/mol. The zero-order valence-electron chi connectivity index (χ0n) is 13.7. The van der Waals surface area contributed by atoms with Gasteiger partial charge in [0.2, 0.25) is 5.91 Å². The van der Waals surface area contributed by atoms with Gasteiger partial charge in [0.1, 0.15) is 12.4 Å². The van der Waals surface area contributed by atoms with Crippen LogP contribution in [0.1, 0.15) is 17.4 Å². The lowest BCUT2D eigenvalue weighted by atomic mass is 10.2. The highest BCUT2D eigenvalue weighted by atomic mass is 32.1. The predicted octanol–water partition coefficient (Wildman–Crippen LogP) is 3.07.